The molecule has 0 spiro atoms. The van der Waals surface area contributed by atoms with Gasteiger partial charge in [0.05, 0.1) is 6.61 Å². The van der Waals surface area contributed by atoms with Gasteiger partial charge in [-0.25, -0.2) is 0 Å². The first-order valence-electron chi connectivity index (χ1n) is 5.17. The summed E-state index contributed by atoms with van der Waals surface area (Å²) in [5, 5.41) is 18.2. The van der Waals surface area contributed by atoms with E-state index in [2.05, 4.69) is 0 Å². The van der Waals surface area contributed by atoms with Crippen molar-refractivity contribution in [1.82, 2.24) is 4.90 Å². The van der Waals surface area contributed by atoms with Gasteiger partial charge >= 0.3 is 0 Å². The van der Waals surface area contributed by atoms with Crippen LogP contribution in [0.3, 0.4) is 0 Å². The van der Waals surface area contributed by atoms with E-state index in [1.807, 2.05) is 0 Å². The van der Waals surface area contributed by atoms with Gasteiger partial charge in [0.2, 0.25) is 5.91 Å². The number of nitrogens with zero attached hydrogens (tertiary/aromatic N) is 1. The fraction of sp³-hybridized carbons (Fsp3) is 0.250. The van der Waals surface area contributed by atoms with E-state index in [0.29, 0.717) is 11.3 Å². The second-order valence-corrected chi connectivity index (χ2v) is 3.63. The van der Waals surface area contributed by atoms with Gasteiger partial charge in [-0.2, -0.15) is 0 Å². The third kappa shape index (κ3) is 3.81. The minimum absolute atomic E-state index is 0.0630. The lowest BCUT2D eigenvalue weighted by Gasteiger charge is -2.12. The minimum Gasteiger partial charge on any atom is -0.507 e. The summed E-state index contributed by atoms with van der Waals surface area (Å²) in [6.45, 7) is 0.186. The maximum Gasteiger partial charge on any atom is 0.246 e. The van der Waals surface area contributed by atoms with Crippen molar-refractivity contribution in [1.29, 1.82) is 0 Å². The molecule has 0 atom stereocenters. The van der Waals surface area contributed by atoms with Gasteiger partial charge in [0.15, 0.2) is 0 Å². The van der Waals surface area contributed by atoms with E-state index in [9.17, 15) is 9.90 Å². The Labute approximate surface area is 99.8 Å². The summed E-state index contributed by atoms with van der Waals surface area (Å²) >= 11 is 0. The van der Waals surface area contributed by atoms with Crippen LogP contribution in [0.4, 0.5) is 5.69 Å². The van der Waals surface area contributed by atoms with Crippen LogP contribution in [0.15, 0.2) is 24.3 Å². The highest BCUT2D eigenvalue weighted by atomic mass is 16.3. The number of anilines is 1. The zero-order valence-corrected chi connectivity index (χ0v) is 9.63. The molecule has 5 heteroatoms. The number of carbonyl (C=O) groups excluding carboxylic acids is 1. The number of nitrogens with two attached hydrogens (primary N) is 1. The van der Waals surface area contributed by atoms with Gasteiger partial charge in [0, 0.05) is 30.9 Å². The average Bonchev–Trinajstić information content (AvgIpc) is 2.30. The fourth-order valence-electron chi connectivity index (χ4n) is 1.25. The van der Waals surface area contributed by atoms with Crippen molar-refractivity contribution >= 4 is 17.7 Å². The molecule has 1 aromatic rings. The summed E-state index contributed by atoms with van der Waals surface area (Å²) in [6, 6.07) is 4.62. The normalized spacial score (nSPS) is 10.7. The highest BCUT2D eigenvalue weighted by molar-refractivity contribution is 5.92. The molecule has 0 aliphatic rings. The maximum absolute atomic E-state index is 11.5. The van der Waals surface area contributed by atoms with Crippen molar-refractivity contribution in [3.8, 4) is 5.75 Å². The summed E-state index contributed by atoms with van der Waals surface area (Å²) in [5.74, 6) is -0.186. The number of hydrogen-bond donors (Lipinski definition) is 3. The summed E-state index contributed by atoms with van der Waals surface area (Å²) in [6.07, 6.45) is 2.81. The molecule has 0 aliphatic heterocycles. The summed E-state index contributed by atoms with van der Waals surface area (Å²) in [7, 11) is 1.59. The molecule has 0 aromatic heterocycles. The maximum atomic E-state index is 11.5. The molecular formula is C12H16N2O3. The van der Waals surface area contributed by atoms with Gasteiger partial charge in [0.1, 0.15) is 5.75 Å². The predicted molar refractivity (Wildman–Crippen MR) is 66.3 cm³/mol. The number of aliphatic hydroxyl groups excluding tert-OH is 1. The van der Waals surface area contributed by atoms with Crippen LogP contribution in [0.2, 0.25) is 0 Å². The first kappa shape index (κ1) is 13.1. The van der Waals surface area contributed by atoms with Crippen LogP contribution in [0.1, 0.15) is 5.56 Å². The Hall–Kier alpha value is -2.01. The SMILES string of the molecule is CN(CCO)C(=O)/C=C/c1cc(N)ccc1O. The number of phenolic OH excluding ortho intramolecular Hbond substituents is 1. The molecule has 0 bridgehead atoms. The smallest absolute Gasteiger partial charge is 0.246 e. The van der Waals surface area contributed by atoms with Gasteiger partial charge in [-0.05, 0) is 24.3 Å². The lowest BCUT2D eigenvalue weighted by atomic mass is 10.1. The molecule has 0 saturated carbocycles. The number of likely N-dealkylation sites (N-methyl/N-ethyl adjacent to an activating group) is 1. The summed E-state index contributed by atoms with van der Waals surface area (Å²) in [4.78, 5) is 12.9. The Morgan fingerprint density at radius 2 is 2.24 bits per heavy atom. The monoisotopic (exact) mass is 236 g/mol. The van der Waals surface area contributed by atoms with E-state index in [1.165, 1.54) is 23.1 Å². The number of phenols is 1. The highest BCUT2D eigenvalue weighted by Crippen LogP contribution is 2.20. The van der Waals surface area contributed by atoms with E-state index < -0.39 is 0 Å². The van der Waals surface area contributed by atoms with Gasteiger partial charge in [0.25, 0.3) is 0 Å². The van der Waals surface area contributed by atoms with E-state index in [1.54, 1.807) is 19.2 Å². The number of aliphatic hydroxyl groups is 1. The number of carbonyl (C=O) groups is 1. The van der Waals surface area contributed by atoms with Crippen LogP contribution >= 0.6 is 0 Å². The fourth-order valence-corrected chi connectivity index (χ4v) is 1.25. The van der Waals surface area contributed by atoms with Crippen LogP contribution in [0.5, 0.6) is 5.75 Å². The number of hydrogen-bond acceptors (Lipinski definition) is 4. The summed E-state index contributed by atoms with van der Waals surface area (Å²) < 4.78 is 0. The van der Waals surface area contributed by atoms with E-state index >= 15 is 0 Å². The van der Waals surface area contributed by atoms with Crippen LogP contribution in [0, 0.1) is 0 Å². The van der Waals surface area contributed by atoms with E-state index in [0.717, 1.165) is 0 Å². The molecular weight excluding hydrogens is 220 g/mol. The number of benzene rings is 1. The second-order valence-electron chi connectivity index (χ2n) is 3.63. The topological polar surface area (TPSA) is 86.8 Å². The molecule has 5 nitrogen and oxygen atoms in total. The predicted octanol–water partition coefficient (Wildman–Crippen LogP) is 0.438. The van der Waals surface area contributed by atoms with Crippen LogP contribution in [0.25, 0.3) is 6.08 Å². The minimum atomic E-state index is -0.249. The van der Waals surface area contributed by atoms with E-state index in [-0.39, 0.29) is 24.8 Å². The summed E-state index contributed by atoms with van der Waals surface area (Å²) in [5.41, 5.74) is 6.56. The van der Waals surface area contributed by atoms with E-state index in [4.69, 9.17) is 10.8 Å². The Morgan fingerprint density at radius 1 is 1.53 bits per heavy atom. The Balaban J connectivity index is 2.76. The molecule has 92 valence electrons. The van der Waals surface area contributed by atoms with Crippen molar-refractivity contribution in [2.45, 2.75) is 0 Å². The van der Waals surface area contributed by atoms with Gasteiger partial charge in [-0.15, -0.1) is 0 Å². The zero-order valence-electron chi connectivity index (χ0n) is 9.63. The first-order valence-corrected chi connectivity index (χ1v) is 5.17. The van der Waals surface area contributed by atoms with Crippen LogP contribution < -0.4 is 5.73 Å². The standard InChI is InChI=1S/C12H16N2O3/c1-14(6-7-15)12(17)5-2-9-8-10(13)3-4-11(9)16/h2-5,8,15-16H,6-7,13H2,1H3/b5-2+. The van der Waals surface area contributed by atoms with Crippen molar-refractivity contribution in [3.05, 3.63) is 29.8 Å². The molecule has 0 heterocycles. The van der Waals surface area contributed by atoms with Crippen molar-refractivity contribution in [3.63, 3.8) is 0 Å². The molecule has 0 aliphatic carbocycles. The van der Waals surface area contributed by atoms with Crippen molar-refractivity contribution in [2.75, 3.05) is 25.9 Å². The Kier molecular flexibility index (Phi) is 4.54. The van der Waals surface area contributed by atoms with Crippen LogP contribution in [-0.2, 0) is 4.79 Å². The Bertz CT molecular complexity index is 430. The quantitative estimate of drug-likeness (QED) is 0.402. The molecule has 0 unspecified atom stereocenters. The molecule has 0 radical (unpaired) electrons. The Morgan fingerprint density at radius 3 is 2.88 bits per heavy atom. The lowest BCUT2D eigenvalue weighted by Crippen LogP contribution is -2.27. The van der Waals surface area contributed by atoms with Gasteiger partial charge < -0.3 is 20.8 Å². The molecule has 1 amide bonds. The first-order chi connectivity index (χ1) is 8.04. The zero-order chi connectivity index (χ0) is 12.8. The molecule has 0 fully saturated rings. The van der Waals surface area contributed by atoms with Crippen molar-refractivity contribution in [2.24, 2.45) is 0 Å². The third-order valence-corrected chi connectivity index (χ3v) is 2.27. The third-order valence-electron chi connectivity index (χ3n) is 2.27. The second kappa shape index (κ2) is 5.91. The number of rotatable bonds is 4. The largest absolute Gasteiger partial charge is 0.507 e. The molecule has 17 heavy (non-hydrogen) atoms. The molecule has 1 aromatic carbocycles. The van der Waals surface area contributed by atoms with Crippen LogP contribution in [-0.4, -0.2) is 41.2 Å². The van der Waals surface area contributed by atoms with Crippen molar-refractivity contribution < 1.29 is 15.0 Å². The average molecular weight is 236 g/mol. The molecule has 0 saturated heterocycles. The lowest BCUT2D eigenvalue weighted by molar-refractivity contribution is -0.125. The van der Waals surface area contributed by atoms with Gasteiger partial charge in [-0.3, -0.25) is 4.79 Å². The number of aromatic hydroxyl groups is 1. The number of nitrogen functional groups attached to an aromatic ring is 1. The number of amides is 1. The van der Waals surface area contributed by atoms with Gasteiger partial charge in [-0.1, -0.05) is 0 Å². The molecule has 1 rings (SSSR count). The highest BCUT2D eigenvalue weighted by Gasteiger charge is 2.04. The molecule has 4 N–H and O–H groups in total.